The predicted octanol–water partition coefficient (Wildman–Crippen LogP) is -4.12. The lowest BCUT2D eigenvalue weighted by Gasteiger charge is -2.46. The van der Waals surface area contributed by atoms with Crippen LogP contribution in [-0.2, 0) is 25.4 Å². The lowest BCUT2D eigenvalue weighted by Crippen LogP contribution is -2.67. The molecular weight excluding hydrogens is 512 g/mol. The quantitative estimate of drug-likeness (QED) is 0.0973. The summed E-state index contributed by atoms with van der Waals surface area (Å²) in [4.78, 5) is 19.0. The first-order chi connectivity index (χ1) is 18.6. The lowest BCUT2D eigenvalue weighted by molar-refractivity contribution is -0.291. The Balaban J connectivity index is 1.40. The van der Waals surface area contributed by atoms with Crippen LogP contribution >= 0.6 is 0 Å². The number of nitrogens with two attached hydrogens (primary N) is 5. The van der Waals surface area contributed by atoms with Gasteiger partial charge in [-0.3, -0.25) is 4.79 Å². The number of ether oxygens (including phenoxy) is 3. The van der Waals surface area contributed by atoms with Gasteiger partial charge >= 0.3 is 0 Å². The number of aliphatic hydroxyl groups is 3. The topological polar surface area (TPSA) is 276 Å². The van der Waals surface area contributed by atoms with E-state index in [9.17, 15) is 20.1 Å². The van der Waals surface area contributed by atoms with Crippen molar-refractivity contribution < 1.29 is 34.3 Å². The summed E-state index contributed by atoms with van der Waals surface area (Å²) in [6.45, 7) is 0.798. The molecule has 0 radical (unpaired) electrons. The Hall–Kier alpha value is -1.76. The minimum absolute atomic E-state index is 0.0450. The summed E-state index contributed by atoms with van der Waals surface area (Å²) in [7, 11) is 0. The Morgan fingerprint density at radius 1 is 1.10 bits per heavy atom. The highest BCUT2D eigenvalue weighted by Crippen LogP contribution is 2.28. The molecule has 1 saturated carbocycles. The second-order valence-corrected chi connectivity index (χ2v) is 10.4. The average molecular weight is 559 g/mol. The highest BCUT2D eigenvalue weighted by molar-refractivity contribution is 5.81. The van der Waals surface area contributed by atoms with Crippen molar-refractivity contribution in [1.29, 1.82) is 0 Å². The Morgan fingerprint density at radius 3 is 2.54 bits per heavy atom. The van der Waals surface area contributed by atoms with Crippen LogP contribution in [0.2, 0.25) is 0 Å². The van der Waals surface area contributed by atoms with E-state index in [0.717, 1.165) is 25.0 Å². The van der Waals surface area contributed by atoms with E-state index in [1.807, 2.05) is 0 Å². The van der Waals surface area contributed by atoms with E-state index in [-0.39, 0.29) is 18.9 Å². The summed E-state index contributed by atoms with van der Waals surface area (Å²) >= 11 is 0. The van der Waals surface area contributed by atoms with Gasteiger partial charge in [0, 0.05) is 50.1 Å². The van der Waals surface area contributed by atoms with Gasteiger partial charge in [0.05, 0.1) is 24.5 Å². The number of rotatable bonds is 14. The van der Waals surface area contributed by atoms with Gasteiger partial charge in [-0.05, 0) is 19.3 Å². The molecule has 1 aromatic rings. The van der Waals surface area contributed by atoms with Crippen LogP contribution in [0.4, 0.5) is 0 Å². The minimum Gasteiger partial charge on any atom is -0.389 e. The number of imidazole rings is 1. The summed E-state index contributed by atoms with van der Waals surface area (Å²) in [5.41, 5.74) is 30.8. The number of carbonyl (C=O) groups excluding carboxylic acids is 1. The molecule has 15 N–H and O–H groups in total. The number of H-pyrrole nitrogens is 1. The summed E-state index contributed by atoms with van der Waals surface area (Å²) in [6, 6.07) is -2.87. The van der Waals surface area contributed by atoms with Crippen molar-refractivity contribution in [1.82, 2.24) is 15.3 Å². The molecule has 1 aliphatic carbocycles. The number of aromatic nitrogens is 2. The molecule has 1 aromatic heterocycles. The Labute approximate surface area is 228 Å². The molecule has 1 aliphatic heterocycles. The first-order valence-electron chi connectivity index (χ1n) is 13.6. The summed E-state index contributed by atoms with van der Waals surface area (Å²) in [6.07, 6.45) is -0.161. The smallest absolute Gasteiger partial charge is 0.237 e. The van der Waals surface area contributed by atoms with Crippen molar-refractivity contribution in [3.05, 3.63) is 18.2 Å². The van der Waals surface area contributed by atoms with Crippen LogP contribution in [0, 0.1) is 0 Å². The summed E-state index contributed by atoms with van der Waals surface area (Å²) in [5, 5.41) is 34.0. The van der Waals surface area contributed by atoms with E-state index in [2.05, 4.69) is 15.3 Å². The molecule has 15 heteroatoms. The number of aromatic amines is 1. The zero-order valence-corrected chi connectivity index (χ0v) is 22.2. The first kappa shape index (κ1) is 31.8. The number of carbonyl (C=O) groups is 1. The van der Waals surface area contributed by atoms with Gasteiger partial charge in [-0.15, -0.1) is 0 Å². The molecule has 1 amide bonds. The maximum atomic E-state index is 12.1. The van der Waals surface area contributed by atoms with Crippen LogP contribution in [0.1, 0.15) is 37.8 Å². The van der Waals surface area contributed by atoms with Gasteiger partial charge in [0.2, 0.25) is 5.91 Å². The van der Waals surface area contributed by atoms with Gasteiger partial charge in [0.1, 0.15) is 30.5 Å². The van der Waals surface area contributed by atoms with Crippen LogP contribution in [0.25, 0.3) is 0 Å². The largest absolute Gasteiger partial charge is 0.389 e. The number of nitrogens with zero attached hydrogens (tertiary/aromatic N) is 1. The van der Waals surface area contributed by atoms with Crippen molar-refractivity contribution in [2.75, 3.05) is 19.7 Å². The van der Waals surface area contributed by atoms with Crippen molar-refractivity contribution in [2.45, 2.75) is 106 Å². The van der Waals surface area contributed by atoms with Crippen molar-refractivity contribution in [3.8, 4) is 0 Å². The van der Waals surface area contributed by atoms with Crippen LogP contribution < -0.4 is 34.0 Å². The maximum absolute atomic E-state index is 12.1. The Morgan fingerprint density at radius 2 is 1.85 bits per heavy atom. The third-order valence-electron chi connectivity index (χ3n) is 7.35. The maximum Gasteiger partial charge on any atom is 0.237 e. The molecule has 2 heterocycles. The third kappa shape index (κ3) is 8.61. The van der Waals surface area contributed by atoms with E-state index in [4.69, 9.17) is 42.9 Å². The van der Waals surface area contributed by atoms with Crippen molar-refractivity contribution >= 4 is 5.91 Å². The second kappa shape index (κ2) is 15.3. The first-order valence-corrected chi connectivity index (χ1v) is 13.6. The van der Waals surface area contributed by atoms with Crippen molar-refractivity contribution in [3.63, 3.8) is 0 Å². The molecule has 0 spiro atoms. The number of hydrogen-bond acceptors (Lipinski definition) is 13. The lowest BCUT2D eigenvalue weighted by atomic mass is 9.84. The molecule has 3 rings (SSSR count). The number of nitrogens with one attached hydrogen (secondary N) is 2. The standard InChI is InChI=1S/C24H46N8O7/c25-9-16-19(34)20(35)17(29)24(38-16)39-21-14(27)8-13(26)18(33)22(21)37-6-4-2-1-3-5-31-23(36)15(28)7-12-10-30-11-32-12/h10-11,13-22,24,33-35H,1-9,25-29H2,(H,30,32)(H,31,36)/t13-,14+,15+,16-,17-,18+,19-,20-,21-,22-,24-/m1/s1. The number of amides is 1. The van der Waals surface area contributed by atoms with Gasteiger partial charge in [0.15, 0.2) is 6.29 Å². The molecule has 0 unspecified atom stereocenters. The van der Waals surface area contributed by atoms with Crippen molar-refractivity contribution in [2.24, 2.45) is 28.7 Å². The van der Waals surface area contributed by atoms with E-state index in [0.29, 0.717) is 26.0 Å². The van der Waals surface area contributed by atoms with E-state index < -0.39 is 67.1 Å². The molecule has 0 bridgehead atoms. The zero-order chi connectivity index (χ0) is 28.5. The third-order valence-corrected chi connectivity index (χ3v) is 7.35. The number of unbranched alkanes of at least 4 members (excludes halogenated alkanes) is 3. The normalized spacial score (nSPS) is 36.0. The fraction of sp³-hybridized carbons (Fsp3) is 0.833. The van der Waals surface area contributed by atoms with Crippen LogP contribution in [0.15, 0.2) is 12.5 Å². The molecule has 2 aliphatic rings. The zero-order valence-electron chi connectivity index (χ0n) is 22.2. The van der Waals surface area contributed by atoms with Gasteiger partial charge in [-0.25, -0.2) is 4.98 Å². The Kier molecular flexibility index (Phi) is 12.5. The average Bonchev–Trinajstić information content (AvgIpc) is 3.42. The molecule has 15 nitrogen and oxygen atoms in total. The highest BCUT2D eigenvalue weighted by atomic mass is 16.7. The molecule has 2 fully saturated rings. The van der Waals surface area contributed by atoms with Gasteiger partial charge in [-0.2, -0.15) is 0 Å². The second-order valence-electron chi connectivity index (χ2n) is 10.4. The fourth-order valence-electron chi connectivity index (χ4n) is 4.93. The van der Waals surface area contributed by atoms with Gasteiger partial charge in [-0.1, -0.05) is 12.8 Å². The van der Waals surface area contributed by atoms with Gasteiger partial charge < -0.3 is 68.5 Å². The molecule has 39 heavy (non-hydrogen) atoms. The van der Waals surface area contributed by atoms with Gasteiger partial charge in [0.25, 0.3) is 0 Å². The fourth-order valence-corrected chi connectivity index (χ4v) is 4.93. The van der Waals surface area contributed by atoms with E-state index in [1.165, 1.54) is 0 Å². The minimum atomic E-state index is -1.31. The highest BCUT2D eigenvalue weighted by Gasteiger charge is 2.48. The molecule has 0 aromatic carbocycles. The summed E-state index contributed by atoms with van der Waals surface area (Å²) < 4.78 is 17.7. The predicted molar refractivity (Wildman–Crippen MR) is 141 cm³/mol. The van der Waals surface area contributed by atoms with Crippen LogP contribution in [0.5, 0.6) is 0 Å². The molecular formula is C24H46N8O7. The number of aliphatic hydroxyl groups excluding tert-OH is 3. The molecule has 1 saturated heterocycles. The van der Waals surface area contributed by atoms with Crippen LogP contribution in [0.3, 0.4) is 0 Å². The SMILES string of the molecule is NC[C@H]1O[C@H](O[C@H]2[C@H](OCCCCCCNC(=O)[C@@H](N)Cc3cnc[nH]3)[C@@H](O)[C@H](N)C[C@@H]2N)[C@H](N)[C@@H](O)[C@@H]1O. The monoisotopic (exact) mass is 558 g/mol. The van der Waals surface area contributed by atoms with E-state index >= 15 is 0 Å². The Bertz CT molecular complexity index is 850. The van der Waals surface area contributed by atoms with Crippen LogP contribution in [-0.4, -0.2) is 118 Å². The molecule has 11 atom stereocenters. The summed E-state index contributed by atoms with van der Waals surface area (Å²) in [5.74, 6) is -0.209. The van der Waals surface area contributed by atoms with E-state index in [1.54, 1.807) is 12.5 Å². The number of hydrogen-bond donors (Lipinski definition) is 10. The molecule has 224 valence electrons.